The van der Waals surface area contributed by atoms with Gasteiger partial charge in [0.05, 0.1) is 16.5 Å². The number of likely N-dealkylation sites (tertiary alicyclic amines) is 1. The Labute approximate surface area is 154 Å². The van der Waals surface area contributed by atoms with Crippen LogP contribution in [0, 0.1) is 5.82 Å². The predicted octanol–water partition coefficient (Wildman–Crippen LogP) is 3.34. The van der Waals surface area contributed by atoms with E-state index in [4.69, 9.17) is 11.6 Å². The smallest absolute Gasteiger partial charge is 0.233 e. The van der Waals surface area contributed by atoms with Crippen molar-refractivity contribution >= 4 is 29.3 Å². The van der Waals surface area contributed by atoms with Crippen molar-refractivity contribution in [2.75, 3.05) is 5.75 Å². The Bertz CT molecular complexity index is 761. The minimum absolute atomic E-state index is 0.00371. The number of benzene rings is 1. The molecule has 1 fully saturated rings. The van der Waals surface area contributed by atoms with Gasteiger partial charge in [0.15, 0.2) is 0 Å². The SMILES string of the molecule is C[C@@H]1CCC[C@@H](C)N1C(=O)CSc1nnnn1-c1ccc(F)c(Cl)c1. The normalized spacial score (nSPS) is 20.7. The van der Waals surface area contributed by atoms with Gasteiger partial charge in [0.2, 0.25) is 11.1 Å². The van der Waals surface area contributed by atoms with Crippen LogP contribution in [-0.2, 0) is 4.79 Å². The highest BCUT2D eigenvalue weighted by molar-refractivity contribution is 7.99. The number of aromatic nitrogens is 4. The van der Waals surface area contributed by atoms with Crippen LogP contribution in [0.15, 0.2) is 23.4 Å². The molecule has 0 unspecified atom stereocenters. The zero-order valence-corrected chi connectivity index (χ0v) is 15.6. The third kappa shape index (κ3) is 3.95. The Morgan fingerprint density at radius 1 is 1.36 bits per heavy atom. The lowest BCUT2D eigenvalue weighted by Gasteiger charge is -2.39. The number of halogens is 2. The fourth-order valence-electron chi connectivity index (χ4n) is 3.16. The third-order valence-electron chi connectivity index (χ3n) is 4.39. The van der Waals surface area contributed by atoms with E-state index in [1.807, 2.05) is 4.90 Å². The van der Waals surface area contributed by atoms with E-state index >= 15 is 0 Å². The van der Waals surface area contributed by atoms with Gasteiger partial charge >= 0.3 is 0 Å². The second kappa shape index (κ2) is 7.70. The lowest BCUT2D eigenvalue weighted by atomic mass is 9.98. The average molecular weight is 384 g/mol. The van der Waals surface area contributed by atoms with E-state index in [1.54, 1.807) is 0 Å². The summed E-state index contributed by atoms with van der Waals surface area (Å²) in [5.74, 6) is -0.170. The molecular formula is C16H19ClFN5OS. The first-order valence-corrected chi connectivity index (χ1v) is 9.51. The summed E-state index contributed by atoms with van der Waals surface area (Å²) in [6, 6.07) is 4.76. The third-order valence-corrected chi connectivity index (χ3v) is 5.59. The fraction of sp³-hybridized carbons (Fsp3) is 0.500. The summed E-state index contributed by atoms with van der Waals surface area (Å²) >= 11 is 7.08. The summed E-state index contributed by atoms with van der Waals surface area (Å²) in [6.07, 6.45) is 3.22. The lowest BCUT2D eigenvalue weighted by Crippen LogP contribution is -2.48. The molecule has 6 nitrogen and oxygen atoms in total. The number of amides is 1. The molecule has 0 N–H and O–H groups in total. The molecular weight excluding hydrogens is 365 g/mol. The molecule has 2 heterocycles. The van der Waals surface area contributed by atoms with Gasteiger partial charge in [-0.2, -0.15) is 4.68 Å². The van der Waals surface area contributed by atoms with Crippen molar-refractivity contribution in [2.45, 2.75) is 50.4 Å². The topological polar surface area (TPSA) is 63.9 Å². The van der Waals surface area contributed by atoms with E-state index in [1.165, 1.54) is 34.6 Å². The zero-order valence-electron chi connectivity index (χ0n) is 14.0. The van der Waals surface area contributed by atoms with Gasteiger partial charge in [0.1, 0.15) is 5.82 Å². The quantitative estimate of drug-likeness (QED) is 0.757. The summed E-state index contributed by atoms with van der Waals surface area (Å²) in [5, 5.41) is 12.0. The van der Waals surface area contributed by atoms with Crippen LogP contribution in [0.2, 0.25) is 5.02 Å². The van der Waals surface area contributed by atoms with E-state index in [9.17, 15) is 9.18 Å². The average Bonchev–Trinajstić information content (AvgIpc) is 3.04. The van der Waals surface area contributed by atoms with E-state index in [2.05, 4.69) is 29.4 Å². The lowest BCUT2D eigenvalue weighted by molar-refractivity contribution is -0.134. The number of thioether (sulfide) groups is 1. The highest BCUT2D eigenvalue weighted by atomic mass is 35.5. The van der Waals surface area contributed by atoms with Crippen molar-refractivity contribution in [3.05, 3.63) is 29.0 Å². The maximum Gasteiger partial charge on any atom is 0.233 e. The van der Waals surface area contributed by atoms with E-state index in [0.29, 0.717) is 10.8 Å². The Kier molecular flexibility index (Phi) is 5.58. The minimum Gasteiger partial charge on any atom is -0.337 e. The van der Waals surface area contributed by atoms with Gasteiger partial charge in [-0.3, -0.25) is 4.79 Å². The van der Waals surface area contributed by atoms with Gasteiger partial charge in [-0.05, 0) is 61.7 Å². The van der Waals surface area contributed by atoms with Crippen LogP contribution in [0.3, 0.4) is 0 Å². The Hall–Kier alpha value is -1.67. The van der Waals surface area contributed by atoms with Crippen LogP contribution < -0.4 is 0 Å². The molecule has 1 aromatic heterocycles. The molecule has 25 heavy (non-hydrogen) atoms. The first-order valence-electron chi connectivity index (χ1n) is 8.15. The van der Waals surface area contributed by atoms with E-state index < -0.39 is 5.82 Å². The summed E-state index contributed by atoms with van der Waals surface area (Å²) in [6.45, 7) is 4.17. The van der Waals surface area contributed by atoms with Crippen LogP contribution in [0.25, 0.3) is 5.69 Å². The van der Waals surface area contributed by atoms with Crippen molar-refractivity contribution < 1.29 is 9.18 Å². The molecule has 0 bridgehead atoms. The molecule has 0 radical (unpaired) electrons. The Morgan fingerprint density at radius 3 is 2.76 bits per heavy atom. The molecule has 1 amide bonds. The zero-order chi connectivity index (χ0) is 18.0. The molecule has 134 valence electrons. The standard InChI is InChI=1S/C16H19ClFN5OS/c1-10-4-3-5-11(2)22(10)15(24)9-25-16-19-20-21-23(16)12-6-7-14(18)13(17)8-12/h6-8,10-11H,3-5,9H2,1-2H3/t10-,11-/m1/s1. The molecule has 1 aliphatic rings. The van der Waals surface area contributed by atoms with E-state index in [-0.39, 0.29) is 28.8 Å². The van der Waals surface area contributed by atoms with Crippen molar-refractivity contribution in [2.24, 2.45) is 0 Å². The van der Waals surface area contributed by atoms with Crippen LogP contribution in [-0.4, -0.2) is 48.9 Å². The van der Waals surface area contributed by atoms with Gasteiger partial charge in [-0.1, -0.05) is 23.4 Å². The van der Waals surface area contributed by atoms with Crippen LogP contribution >= 0.6 is 23.4 Å². The highest BCUT2D eigenvalue weighted by Crippen LogP contribution is 2.26. The molecule has 9 heteroatoms. The monoisotopic (exact) mass is 383 g/mol. The molecule has 2 atom stereocenters. The molecule has 1 saturated heterocycles. The first-order chi connectivity index (χ1) is 12.0. The molecule has 2 aromatic rings. The predicted molar refractivity (Wildman–Crippen MR) is 94.5 cm³/mol. The Morgan fingerprint density at radius 2 is 2.08 bits per heavy atom. The second-order valence-electron chi connectivity index (χ2n) is 6.19. The number of piperidine rings is 1. The molecule has 3 rings (SSSR count). The number of nitrogens with zero attached hydrogens (tertiary/aromatic N) is 5. The summed E-state index contributed by atoms with van der Waals surface area (Å²) < 4.78 is 14.8. The molecule has 1 aromatic carbocycles. The maximum absolute atomic E-state index is 13.3. The second-order valence-corrected chi connectivity index (χ2v) is 7.54. The maximum atomic E-state index is 13.3. The van der Waals surface area contributed by atoms with Crippen molar-refractivity contribution in [1.82, 2.24) is 25.1 Å². The van der Waals surface area contributed by atoms with Crippen LogP contribution in [0.4, 0.5) is 4.39 Å². The van der Waals surface area contributed by atoms with Crippen LogP contribution in [0.1, 0.15) is 33.1 Å². The summed E-state index contributed by atoms with van der Waals surface area (Å²) in [7, 11) is 0. The first kappa shape index (κ1) is 18.1. The number of hydrogen-bond donors (Lipinski definition) is 0. The van der Waals surface area contributed by atoms with Crippen molar-refractivity contribution in [3.63, 3.8) is 0 Å². The van der Waals surface area contributed by atoms with E-state index in [0.717, 1.165) is 19.3 Å². The number of tetrazole rings is 1. The number of hydrogen-bond acceptors (Lipinski definition) is 5. The van der Waals surface area contributed by atoms with Crippen LogP contribution in [0.5, 0.6) is 0 Å². The molecule has 0 saturated carbocycles. The van der Waals surface area contributed by atoms with Gasteiger partial charge < -0.3 is 4.90 Å². The molecule has 1 aliphatic heterocycles. The number of carbonyl (C=O) groups excluding carboxylic acids is 1. The molecule has 0 aliphatic carbocycles. The minimum atomic E-state index is -0.504. The number of rotatable bonds is 4. The largest absolute Gasteiger partial charge is 0.337 e. The Balaban J connectivity index is 1.71. The highest BCUT2D eigenvalue weighted by Gasteiger charge is 2.29. The van der Waals surface area contributed by atoms with Gasteiger partial charge in [0.25, 0.3) is 0 Å². The van der Waals surface area contributed by atoms with Crippen molar-refractivity contribution in [1.29, 1.82) is 0 Å². The summed E-state index contributed by atoms with van der Waals surface area (Å²) in [5.41, 5.74) is 0.547. The summed E-state index contributed by atoms with van der Waals surface area (Å²) in [4.78, 5) is 14.6. The van der Waals surface area contributed by atoms with Gasteiger partial charge in [-0.25, -0.2) is 4.39 Å². The molecule has 0 spiro atoms. The van der Waals surface area contributed by atoms with Gasteiger partial charge in [-0.15, -0.1) is 5.10 Å². The van der Waals surface area contributed by atoms with Gasteiger partial charge in [0, 0.05) is 12.1 Å². The fourth-order valence-corrected chi connectivity index (χ4v) is 4.10. The van der Waals surface area contributed by atoms with Crippen molar-refractivity contribution in [3.8, 4) is 5.69 Å². The number of carbonyl (C=O) groups is 1.